The highest BCUT2D eigenvalue weighted by Gasteiger charge is 1.54. The summed E-state index contributed by atoms with van der Waals surface area (Å²) in [5.41, 5.74) is 5.06. The molecule has 0 fully saturated rings. The zero-order chi connectivity index (χ0) is 3.58. The van der Waals surface area contributed by atoms with Gasteiger partial charge in [0.15, 0.2) is 0 Å². The van der Waals surface area contributed by atoms with E-state index in [9.17, 15) is 0 Å². The molecular weight excluding hydrogens is 68.1 g/mol. The van der Waals surface area contributed by atoms with Crippen molar-refractivity contribution in [2.45, 2.75) is 0 Å². The molecular formula is CH6N2Si. The topological polar surface area (TPSA) is 49.9 Å². The smallest absolute Gasteiger partial charge is 0.0822 e. The lowest BCUT2D eigenvalue weighted by Crippen LogP contribution is -2.06. The Hall–Kier alpha value is -0.313. The van der Waals surface area contributed by atoms with Gasteiger partial charge in [-0.25, -0.2) is 0 Å². The van der Waals surface area contributed by atoms with Crippen LogP contribution in [0.15, 0.2) is 0 Å². The molecule has 0 aromatic carbocycles. The minimum atomic E-state index is 0.306. The molecule has 3 N–H and O–H groups in total. The maximum atomic E-state index is 6.34. The first-order chi connectivity index (χ1) is 1.73. The average molecular weight is 74.2 g/mol. The Morgan fingerprint density at radius 1 is 2.00 bits per heavy atom. The first kappa shape index (κ1) is 3.69. The third-order valence-corrected chi connectivity index (χ3v) is 0. The standard InChI is InChI=1S/CH6N2Si/c2-1(3)4/h4H3,(H3,2,3). The van der Waals surface area contributed by atoms with Gasteiger partial charge in [0.2, 0.25) is 0 Å². The molecule has 0 aliphatic rings. The molecule has 0 aliphatic carbocycles. The van der Waals surface area contributed by atoms with E-state index in [1.54, 1.807) is 0 Å². The quantitative estimate of drug-likeness (QED) is 0.200. The van der Waals surface area contributed by atoms with Gasteiger partial charge in [-0.1, -0.05) is 0 Å². The SMILES string of the molecule is N=C(N)[SiH3]. The lowest BCUT2D eigenvalue weighted by molar-refractivity contribution is 1.50. The second-order valence-electron chi connectivity index (χ2n) is 0.683. The molecule has 0 aromatic heterocycles. The van der Waals surface area contributed by atoms with Crippen molar-refractivity contribution in [1.82, 2.24) is 0 Å². The monoisotopic (exact) mass is 74.0 g/mol. The van der Waals surface area contributed by atoms with Crippen molar-refractivity contribution in [3.8, 4) is 0 Å². The van der Waals surface area contributed by atoms with Crippen LogP contribution in [0.1, 0.15) is 0 Å². The van der Waals surface area contributed by atoms with E-state index in [1.807, 2.05) is 0 Å². The fraction of sp³-hybridized carbons (Fsp3) is 0. The van der Waals surface area contributed by atoms with Crippen molar-refractivity contribution in [3.63, 3.8) is 0 Å². The number of rotatable bonds is 0. The lowest BCUT2D eigenvalue weighted by Gasteiger charge is -1.66. The fourth-order valence-corrected chi connectivity index (χ4v) is 0. The number of nitrogens with one attached hydrogen (secondary N) is 1. The van der Waals surface area contributed by atoms with E-state index >= 15 is 0 Å². The summed E-state index contributed by atoms with van der Waals surface area (Å²) in [4.78, 5) is 0. The predicted molar refractivity (Wildman–Crippen MR) is 21.9 cm³/mol. The van der Waals surface area contributed by atoms with Gasteiger partial charge in [-0.3, -0.25) is 5.41 Å². The minimum Gasteiger partial charge on any atom is -0.393 e. The Kier molecular flexibility index (Phi) is 0.976. The molecule has 0 saturated carbocycles. The molecule has 3 heteroatoms. The van der Waals surface area contributed by atoms with E-state index in [-0.39, 0.29) is 0 Å². The summed E-state index contributed by atoms with van der Waals surface area (Å²) in [6.45, 7) is 0. The van der Waals surface area contributed by atoms with Gasteiger partial charge in [0.05, 0.1) is 15.7 Å². The van der Waals surface area contributed by atoms with E-state index < -0.39 is 0 Å². The molecule has 0 unspecified atom stereocenters. The van der Waals surface area contributed by atoms with Gasteiger partial charge in [-0.05, 0) is 0 Å². The zero-order valence-electron chi connectivity index (χ0n) is 2.58. The molecule has 0 bridgehead atoms. The first-order valence-corrected chi connectivity index (χ1v) is 2.04. The summed E-state index contributed by atoms with van der Waals surface area (Å²) < 4.78 is 0. The molecule has 0 radical (unpaired) electrons. The lowest BCUT2D eigenvalue weighted by atomic mass is 11.4. The number of amidine groups is 1. The average Bonchev–Trinajstić information content (AvgIpc) is 0.811. The van der Waals surface area contributed by atoms with E-state index in [0.717, 1.165) is 0 Å². The van der Waals surface area contributed by atoms with Crippen LogP contribution in [0, 0.1) is 5.41 Å². The van der Waals surface area contributed by atoms with Gasteiger partial charge in [0.1, 0.15) is 0 Å². The van der Waals surface area contributed by atoms with Crippen molar-refractivity contribution in [1.29, 1.82) is 5.41 Å². The minimum absolute atomic E-state index is 0.306. The van der Waals surface area contributed by atoms with Crippen LogP contribution in [-0.4, -0.2) is 15.7 Å². The van der Waals surface area contributed by atoms with Crippen LogP contribution < -0.4 is 5.73 Å². The van der Waals surface area contributed by atoms with Gasteiger partial charge in [0, 0.05) is 0 Å². The number of nitrogens with two attached hydrogens (primary N) is 1. The van der Waals surface area contributed by atoms with Crippen LogP contribution in [0.3, 0.4) is 0 Å². The first-order valence-electron chi connectivity index (χ1n) is 1.04. The van der Waals surface area contributed by atoms with Gasteiger partial charge >= 0.3 is 0 Å². The Balaban J connectivity index is 2.80. The molecule has 4 heavy (non-hydrogen) atoms. The Labute approximate surface area is 27.9 Å². The van der Waals surface area contributed by atoms with Crippen LogP contribution in [0.2, 0.25) is 0 Å². The Morgan fingerprint density at radius 2 is 2.00 bits per heavy atom. The summed E-state index contributed by atoms with van der Waals surface area (Å²) in [6, 6.07) is 0. The van der Waals surface area contributed by atoms with Crippen LogP contribution >= 0.6 is 0 Å². The third kappa shape index (κ3) is 8.12. The molecule has 0 aliphatic heterocycles. The van der Waals surface area contributed by atoms with Crippen LogP contribution in [-0.2, 0) is 0 Å². The molecule has 24 valence electrons. The number of hydrogen-bond donors (Lipinski definition) is 2. The van der Waals surface area contributed by atoms with Crippen molar-refractivity contribution in [3.05, 3.63) is 0 Å². The molecule has 0 amide bonds. The normalized spacial score (nSPS) is 7.00. The molecule has 0 saturated heterocycles. The van der Waals surface area contributed by atoms with Crippen LogP contribution in [0.5, 0.6) is 0 Å². The van der Waals surface area contributed by atoms with E-state index in [4.69, 9.17) is 11.1 Å². The third-order valence-electron chi connectivity index (χ3n) is 0. The van der Waals surface area contributed by atoms with Gasteiger partial charge in [-0.15, -0.1) is 0 Å². The van der Waals surface area contributed by atoms with Crippen molar-refractivity contribution in [2.75, 3.05) is 0 Å². The highest BCUT2D eigenvalue weighted by molar-refractivity contribution is 6.57. The van der Waals surface area contributed by atoms with E-state index in [1.165, 1.54) is 0 Å². The molecule has 0 aromatic rings. The predicted octanol–water partition coefficient (Wildman–Crippen LogP) is -1.75. The summed E-state index contributed by atoms with van der Waals surface area (Å²) in [5.74, 6) is 0. The maximum Gasteiger partial charge on any atom is 0.0822 e. The molecule has 2 nitrogen and oxygen atoms in total. The second-order valence-corrected chi connectivity index (χ2v) is 1.76. The van der Waals surface area contributed by atoms with Crippen LogP contribution in [0.25, 0.3) is 0 Å². The Bertz CT molecular complexity index is 29.0. The summed E-state index contributed by atoms with van der Waals surface area (Å²) in [6.07, 6.45) is 0. The van der Waals surface area contributed by atoms with Crippen molar-refractivity contribution < 1.29 is 0 Å². The fourth-order valence-electron chi connectivity index (χ4n) is 0. The van der Waals surface area contributed by atoms with Gasteiger partial charge in [-0.2, -0.15) is 0 Å². The van der Waals surface area contributed by atoms with E-state index in [0.29, 0.717) is 15.7 Å². The van der Waals surface area contributed by atoms with Crippen molar-refractivity contribution >= 4 is 15.7 Å². The number of hydrogen-bond acceptors (Lipinski definition) is 1. The van der Waals surface area contributed by atoms with Crippen LogP contribution in [0.4, 0.5) is 0 Å². The summed E-state index contributed by atoms with van der Waals surface area (Å²) in [7, 11) is 0.710. The summed E-state index contributed by atoms with van der Waals surface area (Å²) >= 11 is 0. The molecule has 0 heterocycles. The maximum absolute atomic E-state index is 6.34. The second kappa shape index (κ2) is 1.06. The zero-order valence-corrected chi connectivity index (χ0v) is 4.58. The molecule has 0 spiro atoms. The van der Waals surface area contributed by atoms with Gasteiger partial charge in [0.25, 0.3) is 0 Å². The highest BCUT2D eigenvalue weighted by Crippen LogP contribution is 1.23. The Morgan fingerprint density at radius 3 is 2.00 bits per heavy atom. The molecule has 0 atom stereocenters. The molecule has 0 rings (SSSR count). The van der Waals surface area contributed by atoms with E-state index in [2.05, 4.69) is 0 Å². The van der Waals surface area contributed by atoms with Crippen molar-refractivity contribution in [2.24, 2.45) is 5.73 Å². The largest absolute Gasteiger partial charge is 0.393 e. The van der Waals surface area contributed by atoms with Gasteiger partial charge < -0.3 is 5.73 Å². The summed E-state index contributed by atoms with van der Waals surface area (Å²) in [5, 5.41) is 6.34. The highest BCUT2D eigenvalue weighted by atomic mass is 28.1.